The first-order valence-corrected chi connectivity index (χ1v) is 5.45. The van der Waals surface area contributed by atoms with E-state index in [0.29, 0.717) is 38.1 Å². The maximum absolute atomic E-state index is 10.5. The fraction of sp³-hybridized carbons (Fsp3) is 0.909. The van der Waals surface area contributed by atoms with Crippen LogP contribution >= 0.6 is 0 Å². The van der Waals surface area contributed by atoms with Crippen LogP contribution in [0.25, 0.3) is 0 Å². The zero-order valence-electron chi connectivity index (χ0n) is 9.27. The van der Waals surface area contributed by atoms with Crippen LogP contribution in [0, 0.1) is 11.8 Å². The van der Waals surface area contributed by atoms with Gasteiger partial charge in [-0.1, -0.05) is 0 Å². The van der Waals surface area contributed by atoms with E-state index in [-0.39, 0.29) is 6.10 Å². The molecule has 0 aromatic carbocycles. The number of carbonyl (C=O) groups is 1. The highest BCUT2D eigenvalue weighted by Crippen LogP contribution is 2.34. The molecule has 2 rings (SSSR count). The van der Waals surface area contributed by atoms with Crippen LogP contribution in [0.2, 0.25) is 0 Å². The van der Waals surface area contributed by atoms with Crippen LogP contribution in [-0.4, -0.2) is 38.0 Å². The van der Waals surface area contributed by atoms with Crippen molar-refractivity contribution in [3.63, 3.8) is 0 Å². The highest BCUT2D eigenvalue weighted by molar-refractivity contribution is 5.49. The Labute approximate surface area is 89.9 Å². The summed E-state index contributed by atoms with van der Waals surface area (Å²) < 4.78 is 16.7. The Morgan fingerprint density at radius 1 is 1.33 bits per heavy atom. The van der Waals surface area contributed by atoms with Gasteiger partial charge >= 0.3 is 0 Å². The number of ether oxygens (including phenoxy) is 3. The van der Waals surface area contributed by atoms with E-state index >= 15 is 0 Å². The van der Waals surface area contributed by atoms with Gasteiger partial charge in [-0.15, -0.1) is 0 Å². The lowest BCUT2D eigenvalue weighted by Gasteiger charge is -2.23. The molecule has 0 bridgehead atoms. The Kier molecular flexibility index (Phi) is 3.09. The smallest absolute Gasteiger partial charge is 0.163 e. The summed E-state index contributed by atoms with van der Waals surface area (Å²) >= 11 is 0. The zero-order valence-corrected chi connectivity index (χ0v) is 9.27. The minimum atomic E-state index is -0.487. The fourth-order valence-electron chi connectivity index (χ4n) is 2.32. The molecule has 2 aliphatic heterocycles. The summed E-state index contributed by atoms with van der Waals surface area (Å²) in [4.78, 5) is 10.5. The van der Waals surface area contributed by atoms with Crippen molar-refractivity contribution < 1.29 is 19.0 Å². The third kappa shape index (κ3) is 2.38. The van der Waals surface area contributed by atoms with Crippen LogP contribution in [0.4, 0.5) is 0 Å². The molecule has 4 nitrogen and oxygen atoms in total. The predicted molar refractivity (Wildman–Crippen MR) is 53.4 cm³/mol. The van der Waals surface area contributed by atoms with Gasteiger partial charge in [0.05, 0.1) is 25.9 Å². The van der Waals surface area contributed by atoms with Crippen molar-refractivity contribution in [3.05, 3.63) is 0 Å². The van der Waals surface area contributed by atoms with Crippen molar-refractivity contribution in [2.24, 2.45) is 11.8 Å². The van der Waals surface area contributed by atoms with E-state index in [1.165, 1.54) is 0 Å². The number of aldehydes is 1. The van der Waals surface area contributed by atoms with E-state index in [1.807, 2.05) is 13.8 Å². The topological polar surface area (TPSA) is 44.8 Å². The van der Waals surface area contributed by atoms with Crippen LogP contribution in [0.5, 0.6) is 0 Å². The van der Waals surface area contributed by atoms with Crippen LogP contribution in [-0.2, 0) is 19.0 Å². The molecule has 4 heteroatoms. The van der Waals surface area contributed by atoms with E-state index in [2.05, 4.69) is 0 Å². The minimum absolute atomic E-state index is 0.0763. The lowest BCUT2D eigenvalue weighted by molar-refractivity contribution is -0.146. The van der Waals surface area contributed by atoms with E-state index < -0.39 is 5.79 Å². The third-order valence-corrected chi connectivity index (χ3v) is 3.15. The molecule has 0 aliphatic carbocycles. The van der Waals surface area contributed by atoms with Gasteiger partial charge in [0.1, 0.15) is 6.29 Å². The standard InChI is InChI=1S/C11H18O4/c1-11(2)14-7-10(15-11)9-6-13-5-8(9)3-4-12/h4,8-10H,3,5-7H2,1-2H3. The molecule has 2 saturated heterocycles. The summed E-state index contributed by atoms with van der Waals surface area (Å²) in [5.41, 5.74) is 0. The Morgan fingerprint density at radius 2 is 2.13 bits per heavy atom. The van der Waals surface area contributed by atoms with E-state index in [1.54, 1.807) is 0 Å². The van der Waals surface area contributed by atoms with E-state index in [0.717, 1.165) is 6.29 Å². The summed E-state index contributed by atoms with van der Waals surface area (Å²) in [5.74, 6) is 0.112. The molecular formula is C11H18O4. The van der Waals surface area contributed by atoms with Crippen LogP contribution < -0.4 is 0 Å². The van der Waals surface area contributed by atoms with Crippen molar-refractivity contribution >= 4 is 6.29 Å². The first kappa shape index (κ1) is 11.0. The first-order valence-electron chi connectivity index (χ1n) is 5.45. The first-order chi connectivity index (χ1) is 7.12. The minimum Gasteiger partial charge on any atom is -0.381 e. The molecule has 0 aromatic rings. The second-order valence-electron chi connectivity index (χ2n) is 4.73. The molecule has 2 heterocycles. The van der Waals surface area contributed by atoms with Gasteiger partial charge in [0.2, 0.25) is 0 Å². The number of rotatable bonds is 3. The van der Waals surface area contributed by atoms with Crippen molar-refractivity contribution in [3.8, 4) is 0 Å². The van der Waals surface area contributed by atoms with Crippen molar-refractivity contribution in [2.45, 2.75) is 32.2 Å². The molecule has 86 valence electrons. The molecule has 3 atom stereocenters. The predicted octanol–water partition coefficient (Wildman–Crippen LogP) is 0.990. The molecular weight excluding hydrogens is 196 g/mol. The fourth-order valence-corrected chi connectivity index (χ4v) is 2.32. The maximum Gasteiger partial charge on any atom is 0.163 e. The quantitative estimate of drug-likeness (QED) is 0.657. The van der Waals surface area contributed by atoms with Crippen LogP contribution in [0.15, 0.2) is 0 Å². The largest absolute Gasteiger partial charge is 0.381 e. The highest BCUT2D eigenvalue weighted by Gasteiger charge is 2.42. The van der Waals surface area contributed by atoms with Gasteiger partial charge in [0.15, 0.2) is 5.79 Å². The Morgan fingerprint density at radius 3 is 2.73 bits per heavy atom. The molecule has 2 aliphatic rings. The summed E-state index contributed by atoms with van der Waals surface area (Å²) in [5, 5.41) is 0. The second-order valence-corrected chi connectivity index (χ2v) is 4.73. The molecule has 0 N–H and O–H groups in total. The molecule has 2 fully saturated rings. The van der Waals surface area contributed by atoms with Crippen molar-refractivity contribution in [1.82, 2.24) is 0 Å². The number of carbonyl (C=O) groups excluding carboxylic acids is 1. The normalized spacial score (nSPS) is 39.5. The molecule has 0 spiro atoms. The number of hydrogen-bond acceptors (Lipinski definition) is 4. The van der Waals surface area contributed by atoms with Gasteiger partial charge in [-0.2, -0.15) is 0 Å². The van der Waals surface area contributed by atoms with Gasteiger partial charge in [-0.25, -0.2) is 0 Å². The van der Waals surface area contributed by atoms with E-state index in [9.17, 15) is 4.79 Å². The molecule has 0 radical (unpaired) electrons. The average Bonchev–Trinajstić information content (AvgIpc) is 2.72. The van der Waals surface area contributed by atoms with Gasteiger partial charge in [0, 0.05) is 12.3 Å². The number of hydrogen-bond donors (Lipinski definition) is 0. The van der Waals surface area contributed by atoms with Gasteiger partial charge in [-0.05, 0) is 19.8 Å². The van der Waals surface area contributed by atoms with Crippen molar-refractivity contribution in [1.29, 1.82) is 0 Å². The lowest BCUT2D eigenvalue weighted by Crippen LogP contribution is -2.31. The summed E-state index contributed by atoms with van der Waals surface area (Å²) in [6, 6.07) is 0. The second kappa shape index (κ2) is 4.20. The summed E-state index contributed by atoms with van der Waals surface area (Å²) in [7, 11) is 0. The van der Waals surface area contributed by atoms with Gasteiger partial charge in [0.25, 0.3) is 0 Å². The van der Waals surface area contributed by atoms with E-state index in [4.69, 9.17) is 14.2 Å². The lowest BCUT2D eigenvalue weighted by atomic mass is 9.89. The van der Waals surface area contributed by atoms with Crippen LogP contribution in [0.3, 0.4) is 0 Å². The summed E-state index contributed by atoms with van der Waals surface area (Å²) in [6.07, 6.45) is 1.60. The van der Waals surface area contributed by atoms with Crippen molar-refractivity contribution in [2.75, 3.05) is 19.8 Å². The Hall–Kier alpha value is -0.450. The highest BCUT2D eigenvalue weighted by atomic mass is 16.7. The Bertz CT molecular complexity index is 239. The third-order valence-electron chi connectivity index (χ3n) is 3.15. The molecule has 15 heavy (non-hydrogen) atoms. The monoisotopic (exact) mass is 214 g/mol. The SMILES string of the molecule is CC1(C)OCC(C2COCC2CC=O)O1. The molecule has 3 unspecified atom stereocenters. The average molecular weight is 214 g/mol. The zero-order chi connectivity index (χ0) is 10.9. The summed E-state index contributed by atoms with van der Waals surface area (Å²) in [6.45, 7) is 5.79. The Balaban J connectivity index is 1.95. The van der Waals surface area contributed by atoms with Gasteiger partial charge in [-0.3, -0.25) is 0 Å². The molecule has 0 saturated carbocycles. The molecule has 0 aromatic heterocycles. The maximum atomic E-state index is 10.5. The van der Waals surface area contributed by atoms with Crippen LogP contribution in [0.1, 0.15) is 20.3 Å². The van der Waals surface area contributed by atoms with Gasteiger partial charge < -0.3 is 19.0 Å². The molecule has 0 amide bonds.